The van der Waals surface area contributed by atoms with Gasteiger partial charge in [-0.15, -0.1) is 5.10 Å². The van der Waals surface area contributed by atoms with Gasteiger partial charge in [0, 0.05) is 0 Å². The van der Waals surface area contributed by atoms with E-state index in [0.717, 1.165) is 5.16 Å². The lowest BCUT2D eigenvalue weighted by atomic mass is 10.4. The number of furan rings is 1. The Labute approximate surface area is 124 Å². The van der Waals surface area contributed by atoms with E-state index in [1.807, 2.05) is 20.8 Å². The van der Waals surface area contributed by atoms with Crippen molar-refractivity contribution in [1.82, 2.24) is 30.3 Å². The highest BCUT2D eigenvalue weighted by molar-refractivity contribution is 7.99. The van der Waals surface area contributed by atoms with Crippen molar-refractivity contribution in [2.24, 2.45) is 0 Å². The smallest absolute Gasteiger partial charge is 0.240 e. The van der Waals surface area contributed by atoms with Crippen molar-refractivity contribution in [3.8, 4) is 11.6 Å². The maximum absolute atomic E-state index is 5.28. The highest BCUT2D eigenvalue weighted by Crippen LogP contribution is 2.33. The van der Waals surface area contributed by atoms with Gasteiger partial charge in [0.15, 0.2) is 5.76 Å². The molecule has 0 amide bonds. The van der Waals surface area contributed by atoms with Gasteiger partial charge in [-0.25, -0.2) is 4.68 Å². The summed E-state index contributed by atoms with van der Waals surface area (Å²) in [6.45, 7) is 6.00. The van der Waals surface area contributed by atoms with Gasteiger partial charge in [-0.3, -0.25) is 0 Å². The molecule has 0 saturated carbocycles. The summed E-state index contributed by atoms with van der Waals surface area (Å²) in [5.74, 6) is 1.52. The van der Waals surface area contributed by atoms with Gasteiger partial charge in [0.05, 0.1) is 17.6 Å². The summed E-state index contributed by atoms with van der Waals surface area (Å²) in [5, 5.41) is 16.2. The van der Waals surface area contributed by atoms with E-state index in [4.69, 9.17) is 8.94 Å². The predicted octanol–water partition coefficient (Wildman–Crippen LogP) is 2.75. The van der Waals surface area contributed by atoms with Crippen LogP contribution in [-0.4, -0.2) is 30.3 Å². The first-order chi connectivity index (χ1) is 10.1. The Kier molecular flexibility index (Phi) is 3.74. The molecular weight excluding hydrogens is 292 g/mol. The summed E-state index contributed by atoms with van der Waals surface area (Å²) >= 11 is 1.47. The molecule has 21 heavy (non-hydrogen) atoms. The third kappa shape index (κ3) is 2.82. The topological polar surface area (TPSA) is 95.7 Å². The van der Waals surface area contributed by atoms with Crippen LogP contribution < -0.4 is 0 Å². The second-order valence-electron chi connectivity index (χ2n) is 4.69. The van der Waals surface area contributed by atoms with Crippen LogP contribution in [0.3, 0.4) is 0 Å². The van der Waals surface area contributed by atoms with E-state index in [1.54, 1.807) is 23.1 Å². The standard InChI is InChI=1S/C12H14N6O2S/c1-7(2)18-12(14-16-17-18)21-8(3)11-13-10(15-20-11)9-5-4-6-19-9/h4-8H,1-3H3. The van der Waals surface area contributed by atoms with E-state index in [-0.39, 0.29) is 11.3 Å². The quantitative estimate of drug-likeness (QED) is 0.664. The van der Waals surface area contributed by atoms with E-state index in [1.165, 1.54) is 11.8 Å². The summed E-state index contributed by atoms with van der Waals surface area (Å²) in [6.07, 6.45) is 1.57. The van der Waals surface area contributed by atoms with Crippen molar-refractivity contribution in [2.75, 3.05) is 0 Å². The molecule has 8 nitrogen and oxygen atoms in total. The number of hydrogen-bond donors (Lipinski definition) is 0. The fraction of sp³-hybridized carbons (Fsp3) is 0.417. The molecule has 0 aliphatic rings. The molecule has 3 rings (SSSR count). The maximum atomic E-state index is 5.28. The monoisotopic (exact) mass is 306 g/mol. The molecule has 9 heteroatoms. The molecule has 0 spiro atoms. The largest absolute Gasteiger partial charge is 0.461 e. The predicted molar refractivity (Wildman–Crippen MR) is 74.5 cm³/mol. The lowest BCUT2D eigenvalue weighted by molar-refractivity contribution is 0.379. The Morgan fingerprint density at radius 2 is 2.14 bits per heavy atom. The highest BCUT2D eigenvalue weighted by atomic mass is 32.2. The summed E-state index contributed by atoms with van der Waals surface area (Å²) in [5.41, 5.74) is 0. The van der Waals surface area contributed by atoms with Gasteiger partial charge < -0.3 is 8.94 Å². The minimum atomic E-state index is -0.0651. The first-order valence-corrected chi connectivity index (χ1v) is 7.35. The molecule has 3 aromatic rings. The second kappa shape index (κ2) is 5.68. The first kappa shape index (κ1) is 13.8. The van der Waals surface area contributed by atoms with Gasteiger partial charge in [-0.05, 0) is 43.3 Å². The van der Waals surface area contributed by atoms with Crippen LogP contribution in [-0.2, 0) is 0 Å². The molecule has 110 valence electrons. The van der Waals surface area contributed by atoms with E-state index >= 15 is 0 Å². The average Bonchev–Trinajstić information content (AvgIpc) is 3.19. The zero-order valence-corrected chi connectivity index (χ0v) is 12.6. The van der Waals surface area contributed by atoms with Gasteiger partial charge in [0.2, 0.25) is 16.9 Å². The van der Waals surface area contributed by atoms with Crippen molar-refractivity contribution in [3.63, 3.8) is 0 Å². The van der Waals surface area contributed by atoms with Crippen LogP contribution in [0.1, 0.15) is 38.0 Å². The molecule has 3 heterocycles. The summed E-state index contributed by atoms with van der Waals surface area (Å²) in [7, 11) is 0. The van der Waals surface area contributed by atoms with Gasteiger partial charge in [0.25, 0.3) is 0 Å². The average molecular weight is 306 g/mol. The van der Waals surface area contributed by atoms with Crippen LogP contribution >= 0.6 is 11.8 Å². The number of thioether (sulfide) groups is 1. The Hall–Kier alpha value is -2.16. The number of aromatic nitrogens is 6. The van der Waals surface area contributed by atoms with Crippen LogP contribution in [0.5, 0.6) is 0 Å². The third-order valence-corrected chi connectivity index (χ3v) is 3.80. The van der Waals surface area contributed by atoms with Crippen LogP contribution in [0, 0.1) is 0 Å². The third-order valence-electron chi connectivity index (χ3n) is 2.77. The highest BCUT2D eigenvalue weighted by Gasteiger charge is 2.21. The second-order valence-corrected chi connectivity index (χ2v) is 6.00. The molecule has 0 aliphatic heterocycles. The van der Waals surface area contributed by atoms with Crippen molar-refractivity contribution in [2.45, 2.75) is 37.2 Å². The SMILES string of the molecule is CC(Sc1nnnn1C(C)C)c1nc(-c2ccco2)no1. The van der Waals surface area contributed by atoms with Crippen molar-refractivity contribution < 1.29 is 8.94 Å². The van der Waals surface area contributed by atoms with Crippen molar-refractivity contribution in [1.29, 1.82) is 0 Å². The Bertz CT molecular complexity index is 705. The van der Waals surface area contributed by atoms with E-state index in [9.17, 15) is 0 Å². The number of rotatable bonds is 5. The molecule has 3 aromatic heterocycles. The molecule has 0 aliphatic carbocycles. The molecule has 0 saturated heterocycles. The van der Waals surface area contributed by atoms with Crippen LogP contribution in [0.15, 0.2) is 32.5 Å². The molecule has 1 atom stereocenters. The van der Waals surface area contributed by atoms with Gasteiger partial charge in [-0.2, -0.15) is 4.98 Å². The minimum Gasteiger partial charge on any atom is -0.461 e. The number of nitrogens with zero attached hydrogens (tertiary/aromatic N) is 6. The fourth-order valence-corrected chi connectivity index (χ4v) is 2.65. The maximum Gasteiger partial charge on any atom is 0.240 e. The fourth-order valence-electron chi connectivity index (χ4n) is 1.70. The number of hydrogen-bond acceptors (Lipinski definition) is 8. The molecule has 0 fully saturated rings. The van der Waals surface area contributed by atoms with E-state index < -0.39 is 0 Å². The lowest BCUT2D eigenvalue weighted by Crippen LogP contribution is -2.05. The van der Waals surface area contributed by atoms with Crippen molar-refractivity contribution in [3.05, 3.63) is 24.3 Å². The van der Waals surface area contributed by atoms with Gasteiger partial charge >= 0.3 is 0 Å². The summed E-state index contributed by atoms with van der Waals surface area (Å²) in [4.78, 5) is 4.34. The molecule has 0 bridgehead atoms. The van der Waals surface area contributed by atoms with E-state index in [2.05, 4.69) is 25.7 Å². The van der Waals surface area contributed by atoms with Crippen LogP contribution in [0.25, 0.3) is 11.6 Å². The Morgan fingerprint density at radius 1 is 1.29 bits per heavy atom. The zero-order valence-electron chi connectivity index (χ0n) is 11.8. The Balaban J connectivity index is 1.76. The Morgan fingerprint density at radius 3 is 2.86 bits per heavy atom. The van der Waals surface area contributed by atoms with Crippen LogP contribution in [0.4, 0.5) is 0 Å². The van der Waals surface area contributed by atoms with Crippen LogP contribution in [0.2, 0.25) is 0 Å². The molecule has 0 N–H and O–H groups in total. The lowest BCUT2D eigenvalue weighted by Gasteiger charge is -2.09. The molecule has 1 unspecified atom stereocenters. The normalized spacial score (nSPS) is 13.0. The molecule has 0 aromatic carbocycles. The zero-order chi connectivity index (χ0) is 14.8. The van der Waals surface area contributed by atoms with Gasteiger partial charge in [-0.1, -0.05) is 16.9 Å². The minimum absolute atomic E-state index is 0.0651. The summed E-state index contributed by atoms with van der Waals surface area (Å²) in [6, 6.07) is 3.75. The number of tetrazole rings is 1. The summed E-state index contributed by atoms with van der Waals surface area (Å²) < 4.78 is 12.3. The van der Waals surface area contributed by atoms with Crippen molar-refractivity contribution >= 4 is 11.8 Å². The van der Waals surface area contributed by atoms with Gasteiger partial charge in [0.1, 0.15) is 0 Å². The molecular formula is C12H14N6O2S. The first-order valence-electron chi connectivity index (χ1n) is 6.47. The van der Waals surface area contributed by atoms with E-state index in [0.29, 0.717) is 17.5 Å². The molecule has 0 radical (unpaired) electrons.